The second-order valence-electron chi connectivity index (χ2n) is 4.70. The summed E-state index contributed by atoms with van der Waals surface area (Å²) < 4.78 is 5.36. The Morgan fingerprint density at radius 3 is 2.35 bits per heavy atom. The summed E-state index contributed by atoms with van der Waals surface area (Å²) in [5, 5.41) is 4.02. The standard InChI is InChI=1S/C13H25N3O/c1-4-7-10(8-5-2)13-15-12(16-17-13)9-11(14)6-3/h10-11H,4-9,14H2,1-3H3. The van der Waals surface area contributed by atoms with Crippen LogP contribution in [0.15, 0.2) is 4.52 Å². The van der Waals surface area contributed by atoms with Gasteiger partial charge >= 0.3 is 0 Å². The van der Waals surface area contributed by atoms with Gasteiger partial charge in [0.15, 0.2) is 5.82 Å². The number of nitrogens with two attached hydrogens (primary N) is 1. The molecule has 1 aromatic rings. The minimum absolute atomic E-state index is 0.135. The van der Waals surface area contributed by atoms with Gasteiger partial charge < -0.3 is 10.3 Å². The van der Waals surface area contributed by atoms with Crippen LogP contribution in [0.25, 0.3) is 0 Å². The van der Waals surface area contributed by atoms with Crippen molar-refractivity contribution in [3.05, 3.63) is 11.7 Å². The first kappa shape index (κ1) is 14.2. The summed E-state index contributed by atoms with van der Waals surface area (Å²) in [6.45, 7) is 6.45. The molecule has 0 aliphatic rings. The van der Waals surface area contributed by atoms with Gasteiger partial charge in [-0.15, -0.1) is 0 Å². The molecule has 0 aliphatic heterocycles. The molecule has 0 amide bonds. The Bertz CT molecular complexity index is 305. The lowest BCUT2D eigenvalue weighted by Crippen LogP contribution is -2.22. The average Bonchev–Trinajstić information content (AvgIpc) is 2.77. The molecule has 0 spiro atoms. The summed E-state index contributed by atoms with van der Waals surface area (Å²) in [5.41, 5.74) is 5.89. The maximum absolute atomic E-state index is 5.89. The van der Waals surface area contributed by atoms with Gasteiger partial charge in [0.05, 0.1) is 0 Å². The minimum atomic E-state index is 0.135. The molecule has 4 nitrogen and oxygen atoms in total. The van der Waals surface area contributed by atoms with Crippen molar-refractivity contribution in [1.29, 1.82) is 0 Å². The summed E-state index contributed by atoms with van der Waals surface area (Å²) in [5.74, 6) is 1.97. The fourth-order valence-corrected chi connectivity index (χ4v) is 1.98. The van der Waals surface area contributed by atoms with Gasteiger partial charge in [-0.3, -0.25) is 0 Å². The first-order valence-electron chi connectivity index (χ1n) is 6.79. The highest BCUT2D eigenvalue weighted by Gasteiger charge is 2.18. The maximum Gasteiger partial charge on any atom is 0.229 e. The molecule has 1 rings (SSSR count). The first-order chi connectivity index (χ1) is 8.21. The quantitative estimate of drug-likeness (QED) is 0.757. The Morgan fingerprint density at radius 2 is 1.82 bits per heavy atom. The third-order valence-electron chi connectivity index (χ3n) is 3.08. The molecule has 1 heterocycles. The van der Waals surface area contributed by atoms with E-state index in [4.69, 9.17) is 10.3 Å². The van der Waals surface area contributed by atoms with E-state index in [-0.39, 0.29) is 6.04 Å². The van der Waals surface area contributed by atoms with Crippen LogP contribution < -0.4 is 5.73 Å². The first-order valence-corrected chi connectivity index (χ1v) is 6.79. The van der Waals surface area contributed by atoms with Gasteiger partial charge in [0.2, 0.25) is 5.89 Å². The van der Waals surface area contributed by atoms with Gasteiger partial charge in [-0.25, -0.2) is 0 Å². The Balaban J connectivity index is 2.63. The van der Waals surface area contributed by atoms with E-state index in [1.54, 1.807) is 0 Å². The van der Waals surface area contributed by atoms with Crippen molar-refractivity contribution in [3.8, 4) is 0 Å². The topological polar surface area (TPSA) is 64.9 Å². The van der Waals surface area contributed by atoms with E-state index < -0.39 is 0 Å². The highest BCUT2D eigenvalue weighted by molar-refractivity contribution is 4.95. The van der Waals surface area contributed by atoms with Crippen molar-refractivity contribution in [2.45, 2.75) is 71.3 Å². The van der Waals surface area contributed by atoms with E-state index in [1.807, 2.05) is 0 Å². The van der Waals surface area contributed by atoms with Crippen LogP contribution in [-0.2, 0) is 6.42 Å². The predicted octanol–water partition coefficient (Wildman–Crippen LogP) is 3.03. The van der Waals surface area contributed by atoms with E-state index in [2.05, 4.69) is 30.9 Å². The van der Waals surface area contributed by atoms with Crippen molar-refractivity contribution in [2.75, 3.05) is 0 Å². The Labute approximate surface area is 104 Å². The van der Waals surface area contributed by atoms with Crippen molar-refractivity contribution >= 4 is 0 Å². The molecule has 17 heavy (non-hydrogen) atoms. The van der Waals surface area contributed by atoms with Crippen LogP contribution in [-0.4, -0.2) is 16.2 Å². The van der Waals surface area contributed by atoms with Crippen LogP contribution in [0.2, 0.25) is 0 Å². The summed E-state index contributed by atoms with van der Waals surface area (Å²) >= 11 is 0. The molecular formula is C13H25N3O. The summed E-state index contributed by atoms with van der Waals surface area (Å²) in [6.07, 6.45) is 6.19. The molecule has 4 heteroatoms. The Morgan fingerprint density at radius 1 is 1.18 bits per heavy atom. The van der Waals surface area contributed by atoms with Crippen LogP contribution in [0, 0.1) is 0 Å². The van der Waals surface area contributed by atoms with E-state index in [1.165, 1.54) is 0 Å². The monoisotopic (exact) mass is 239 g/mol. The van der Waals surface area contributed by atoms with E-state index >= 15 is 0 Å². The van der Waals surface area contributed by atoms with Crippen LogP contribution in [0.1, 0.15) is 70.5 Å². The van der Waals surface area contributed by atoms with Crippen LogP contribution in [0.3, 0.4) is 0 Å². The molecule has 1 unspecified atom stereocenters. The van der Waals surface area contributed by atoms with Gasteiger partial charge in [0.25, 0.3) is 0 Å². The second-order valence-corrected chi connectivity index (χ2v) is 4.70. The SMILES string of the molecule is CCCC(CCC)c1nc(CC(N)CC)no1. The zero-order valence-corrected chi connectivity index (χ0v) is 11.3. The highest BCUT2D eigenvalue weighted by Crippen LogP contribution is 2.24. The number of aromatic nitrogens is 2. The molecule has 0 radical (unpaired) electrons. The molecule has 1 atom stereocenters. The van der Waals surface area contributed by atoms with E-state index in [0.29, 0.717) is 12.3 Å². The van der Waals surface area contributed by atoms with Crippen LogP contribution >= 0.6 is 0 Å². The average molecular weight is 239 g/mol. The second kappa shape index (κ2) is 7.43. The molecule has 0 saturated heterocycles. The van der Waals surface area contributed by atoms with Crippen molar-refractivity contribution < 1.29 is 4.52 Å². The van der Waals surface area contributed by atoms with E-state index in [9.17, 15) is 0 Å². The number of nitrogens with zero attached hydrogens (tertiary/aromatic N) is 2. The van der Waals surface area contributed by atoms with Crippen LogP contribution in [0.4, 0.5) is 0 Å². The number of hydrogen-bond acceptors (Lipinski definition) is 4. The molecule has 0 aliphatic carbocycles. The molecule has 98 valence electrons. The predicted molar refractivity (Wildman–Crippen MR) is 68.8 cm³/mol. The Hall–Kier alpha value is -0.900. The fourth-order valence-electron chi connectivity index (χ4n) is 1.98. The lowest BCUT2D eigenvalue weighted by molar-refractivity contribution is 0.333. The summed E-state index contributed by atoms with van der Waals surface area (Å²) in [4.78, 5) is 4.48. The van der Waals surface area contributed by atoms with Gasteiger partial charge in [0.1, 0.15) is 0 Å². The van der Waals surface area contributed by atoms with Crippen molar-refractivity contribution in [1.82, 2.24) is 10.1 Å². The van der Waals surface area contributed by atoms with Gasteiger partial charge in [-0.2, -0.15) is 4.98 Å². The minimum Gasteiger partial charge on any atom is -0.339 e. The van der Waals surface area contributed by atoms with Crippen molar-refractivity contribution in [2.24, 2.45) is 5.73 Å². The molecular weight excluding hydrogens is 214 g/mol. The zero-order valence-electron chi connectivity index (χ0n) is 11.3. The normalized spacial score (nSPS) is 13.2. The van der Waals surface area contributed by atoms with E-state index in [0.717, 1.165) is 43.8 Å². The molecule has 1 aromatic heterocycles. The largest absolute Gasteiger partial charge is 0.339 e. The molecule has 0 saturated carbocycles. The maximum atomic E-state index is 5.89. The van der Waals surface area contributed by atoms with Gasteiger partial charge in [0, 0.05) is 18.4 Å². The molecule has 0 aromatic carbocycles. The fraction of sp³-hybridized carbons (Fsp3) is 0.846. The molecule has 0 bridgehead atoms. The summed E-state index contributed by atoms with van der Waals surface area (Å²) in [6, 6.07) is 0.135. The molecule has 0 fully saturated rings. The van der Waals surface area contributed by atoms with Crippen molar-refractivity contribution in [3.63, 3.8) is 0 Å². The Kier molecular flexibility index (Phi) is 6.19. The van der Waals surface area contributed by atoms with Crippen LogP contribution in [0.5, 0.6) is 0 Å². The third kappa shape index (κ3) is 4.46. The third-order valence-corrected chi connectivity index (χ3v) is 3.08. The summed E-state index contributed by atoms with van der Waals surface area (Å²) in [7, 11) is 0. The van der Waals surface area contributed by atoms with Gasteiger partial charge in [-0.05, 0) is 19.3 Å². The highest BCUT2D eigenvalue weighted by atomic mass is 16.5. The molecule has 2 N–H and O–H groups in total. The number of rotatable bonds is 8. The zero-order chi connectivity index (χ0) is 12.7. The number of hydrogen-bond donors (Lipinski definition) is 1. The lowest BCUT2D eigenvalue weighted by Gasteiger charge is -2.09. The smallest absolute Gasteiger partial charge is 0.229 e. The lowest BCUT2D eigenvalue weighted by atomic mass is 9.98. The van der Waals surface area contributed by atoms with Gasteiger partial charge in [-0.1, -0.05) is 38.8 Å².